The highest BCUT2D eigenvalue weighted by Gasteiger charge is 2.40. The van der Waals surface area contributed by atoms with Gasteiger partial charge in [-0.1, -0.05) is 42.5 Å². The number of phenolic OH excluding ortho intramolecular Hbond substituents is 1. The molecule has 7 atom stereocenters. The number of hydrogen-bond donors (Lipinski definition) is 11. The minimum Gasteiger partial charge on any atom is -0.508 e. The van der Waals surface area contributed by atoms with E-state index < -0.39 is 103 Å². The number of amides is 7. The van der Waals surface area contributed by atoms with Gasteiger partial charge in [0, 0.05) is 13.0 Å². The number of carbonyl (C=O) groups excluding carboxylic acids is 7. The van der Waals surface area contributed by atoms with Gasteiger partial charge in [0.15, 0.2) is 0 Å². The lowest BCUT2D eigenvalue weighted by Crippen LogP contribution is -2.60. The number of nitrogens with one attached hydrogen (secondary N) is 5. The van der Waals surface area contributed by atoms with Gasteiger partial charge < -0.3 is 64.0 Å². The Morgan fingerprint density at radius 3 is 2.07 bits per heavy atom. The molecule has 322 valence electrons. The van der Waals surface area contributed by atoms with E-state index in [0.717, 1.165) is 5.56 Å². The second-order valence-corrected chi connectivity index (χ2v) is 14.3. The number of aliphatic carboxylic acids is 1. The molecule has 3 rings (SSSR count). The van der Waals surface area contributed by atoms with E-state index in [-0.39, 0.29) is 44.5 Å². The Hall–Kier alpha value is -6.12. The smallest absolute Gasteiger partial charge is 0.326 e. The second kappa shape index (κ2) is 23.3. The van der Waals surface area contributed by atoms with Gasteiger partial charge in [0.2, 0.25) is 41.4 Å². The number of carboxylic acids is 1. The number of likely N-dealkylation sites (tertiary alicyclic amines) is 1. The summed E-state index contributed by atoms with van der Waals surface area (Å²) in [5.74, 6) is -7.21. The highest BCUT2D eigenvalue weighted by atomic mass is 16.4. The van der Waals surface area contributed by atoms with Crippen LogP contribution in [-0.4, -0.2) is 130 Å². The summed E-state index contributed by atoms with van der Waals surface area (Å²) in [6.07, 6.45) is -0.581. The third kappa shape index (κ3) is 15.3. The summed E-state index contributed by atoms with van der Waals surface area (Å²) < 4.78 is 0. The molecule has 1 heterocycles. The van der Waals surface area contributed by atoms with Crippen LogP contribution < -0.4 is 43.8 Å². The van der Waals surface area contributed by atoms with Gasteiger partial charge in [0.1, 0.15) is 36.0 Å². The van der Waals surface area contributed by atoms with Gasteiger partial charge >= 0.3 is 5.97 Å². The van der Waals surface area contributed by atoms with E-state index in [1.807, 2.05) is 0 Å². The monoisotopic (exact) mass is 825 g/mol. The van der Waals surface area contributed by atoms with Crippen molar-refractivity contribution < 1.29 is 53.7 Å². The highest BCUT2D eigenvalue weighted by Crippen LogP contribution is 2.21. The maximum atomic E-state index is 14.0. The first-order chi connectivity index (χ1) is 28.0. The molecule has 0 unspecified atom stereocenters. The largest absolute Gasteiger partial charge is 0.508 e. The Bertz CT molecular complexity index is 1780. The normalized spacial score (nSPS) is 16.6. The topological polar surface area (TPSA) is 339 Å². The van der Waals surface area contributed by atoms with Gasteiger partial charge in [-0.2, -0.15) is 0 Å². The Morgan fingerprint density at radius 1 is 0.814 bits per heavy atom. The zero-order chi connectivity index (χ0) is 43.6. The first-order valence-electron chi connectivity index (χ1n) is 19.3. The molecule has 0 bridgehead atoms. The van der Waals surface area contributed by atoms with Crippen molar-refractivity contribution in [2.75, 3.05) is 19.6 Å². The van der Waals surface area contributed by atoms with Crippen molar-refractivity contribution in [1.29, 1.82) is 0 Å². The summed E-state index contributed by atoms with van der Waals surface area (Å²) >= 11 is 0. The zero-order valence-electron chi connectivity index (χ0n) is 32.8. The SMILES string of the molecule is C[C@@H](O)[C@H](NC(=O)[C@@H]1CCCN1C(=O)[C@H](CCCCN)NC(=O)[C@H](CC(N)=O)NC(=O)[C@@H](N)Cc1ccccc1)C(=O)NCC(=O)N[C@@H](Cc1ccc(O)cc1)C(=O)O. The van der Waals surface area contributed by atoms with Crippen LogP contribution in [0.2, 0.25) is 0 Å². The molecule has 0 radical (unpaired) electrons. The number of phenols is 1. The summed E-state index contributed by atoms with van der Waals surface area (Å²) in [5.41, 5.74) is 18.4. The molecule has 14 N–H and O–H groups in total. The molecule has 1 fully saturated rings. The van der Waals surface area contributed by atoms with E-state index >= 15 is 0 Å². The molecule has 0 saturated carbocycles. The fraction of sp³-hybridized carbons (Fsp3) is 0.487. The van der Waals surface area contributed by atoms with Crippen molar-refractivity contribution in [3.63, 3.8) is 0 Å². The molecule has 2 aromatic carbocycles. The molecule has 0 aliphatic carbocycles. The summed E-state index contributed by atoms with van der Waals surface area (Å²) in [6, 6.07) is 6.69. The molecule has 1 aliphatic rings. The quantitative estimate of drug-likeness (QED) is 0.0499. The van der Waals surface area contributed by atoms with Gasteiger partial charge in [0.25, 0.3) is 0 Å². The summed E-state index contributed by atoms with van der Waals surface area (Å²) in [6.45, 7) is 0.898. The van der Waals surface area contributed by atoms with Crippen molar-refractivity contribution in [3.05, 3.63) is 65.7 Å². The van der Waals surface area contributed by atoms with Gasteiger partial charge in [-0.25, -0.2) is 4.79 Å². The van der Waals surface area contributed by atoms with Crippen LogP contribution in [0.25, 0.3) is 0 Å². The molecule has 2 aromatic rings. The number of unbranched alkanes of at least 4 members (excludes halogenated alkanes) is 1. The number of primary amides is 1. The number of hydrogen-bond acceptors (Lipinski definition) is 12. The van der Waals surface area contributed by atoms with Crippen LogP contribution in [0.1, 0.15) is 56.6 Å². The molecule has 7 amide bonds. The standard InChI is InChI=1S/C39H55N9O11/c1-22(49)33(37(56)43-21-32(52)44-29(39(58)59)19-24-12-14-25(50)15-13-24)47-36(55)30-11-7-17-48(30)38(57)27(10-5-6-16-40)45-35(54)28(20-31(42)51)46-34(53)26(41)18-23-8-3-2-4-9-23/h2-4,8-9,12-15,22,26-30,33,49-50H,5-7,10-11,16-21,40-41H2,1H3,(H2,42,51)(H,43,56)(H,44,52)(H,45,54)(H,46,53)(H,47,55)(H,58,59)/t22-,26+,27+,28+,29+,30+,33+/m1/s1. The van der Waals surface area contributed by atoms with Crippen LogP contribution in [-0.2, 0) is 51.2 Å². The highest BCUT2D eigenvalue weighted by molar-refractivity contribution is 5.98. The van der Waals surface area contributed by atoms with Crippen LogP contribution >= 0.6 is 0 Å². The van der Waals surface area contributed by atoms with E-state index in [2.05, 4.69) is 26.6 Å². The first-order valence-corrected chi connectivity index (χ1v) is 19.3. The molecule has 0 spiro atoms. The Labute approximate surface area is 341 Å². The van der Waals surface area contributed by atoms with Crippen LogP contribution in [0.5, 0.6) is 5.75 Å². The van der Waals surface area contributed by atoms with E-state index in [1.165, 1.54) is 36.1 Å². The number of benzene rings is 2. The summed E-state index contributed by atoms with van der Waals surface area (Å²) in [4.78, 5) is 105. The maximum absolute atomic E-state index is 14.0. The van der Waals surface area contributed by atoms with Crippen LogP contribution in [0.4, 0.5) is 0 Å². The van der Waals surface area contributed by atoms with Crippen LogP contribution in [0.15, 0.2) is 54.6 Å². The lowest BCUT2D eigenvalue weighted by molar-refractivity contribution is -0.143. The lowest BCUT2D eigenvalue weighted by Gasteiger charge is -2.31. The second-order valence-electron chi connectivity index (χ2n) is 14.3. The van der Waals surface area contributed by atoms with E-state index in [4.69, 9.17) is 17.2 Å². The van der Waals surface area contributed by atoms with Crippen LogP contribution in [0.3, 0.4) is 0 Å². The van der Waals surface area contributed by atoms with Gasteiger partial charge in [-0.05, 0) is 75.3 Å². The zero-order valence-corrected chi connectivity index (χ0v) is 32.8. The predicted octanol–water partition coefficient (Wildman–Crippen LogP) is -2.98. The van der Waals surface area contributed by atoms with Crippen molar-refractivity contribution >= 4 is 47.3 Å². The number of carboxylic acid groups (broad SMARTS) is 1. The number of aliphatic hydroxyl groups excluding tert-OH is 1. The molecule has 0 aromatic heterocycles. The molecule has 20 nitrogen and oxygen atoms in total. The summed E-state index contributed by atoms with van der Waals surface area (Å²) in [7, 11) is 0. The fourth-order valence-electron chi connectivity index (χ4n) is 6.42. The number of aliphatic hydroxyl groups is 1. The third-order valence-corrected chi connectivity index (χ3v) is 9.57. The number of carbonyl (C=O) groups is 8. The molecule has 59 heavy (non-hydrogen) atoms. The predicted molar refractivity (Wildman–Crippen MR) is 211 cm³/mol. The van der Waals surface area contributed by atoms with Crippen molar-refractivity contribution in [2.24, 2.45) is 17.2 Å². The Morgan fingerprint density at radius 2 is 1.46 bits per heavy atom. The number of aromatic hydroxyl groups is 1. The maximum Gasteiger partial charge on any atom is 0.326 e. The van der Waals surface area contributed by atoms with Gasteiger partial charge in [0.05, 0.1) is 25.1 Å². The fourth-order valence-corrected chi connectivity index (χ4v) is 6.42. The minimum absolute atomic E-state index is 0.0257. The lowest BCUT2D eigenvalue weighted by atomic mass is 10.0. The summed E-state index contributed by atoms with van der Waals surface area (Å²) in [5, 5.41) is 41.5. The van der Waals surface area contributed by atoms with Gasteiger partial charge in [-0.15, -0.1) is 0 Å². The number of nitrogens with two attached hydrogens (primary N) is 3. The van der Waals surface area contributed by atoms with Gasteiger partial charge in [-0.3, -0.25) is 33.6 Å². The molecule has 1 aliphatic heterocycles. The van der Waals surface area contributed by atoms with E-state index in [0.29, 0.717) is 24.8 Å². The van der Waals surface area contributed by atoms with Crippen molar-refractivity contribution in [1.82, 2.24) is 31.5 Å². The van der Waals surface area contributed by atoms with E-state index in [1.54, 1.807) is 30.3 Å². The van der Waals surface area contributed by atoms with Crippen molar-refractivity contribution in [3.8, 4) is 5.75 Å². The average molecular weight is 826 g/mol. The molecule has 20 heteroatoms. The molecule has 1 saturated heterocycles. The molecular weight excluding hydrogens is 770 g/mol. The third-order valence-electron chi connectivity index (χ3n) is 9.57. The van der Waals surface area contributed by atoms with E-state index in [9.17, 15) is 53.7 Å². The first kappa shape index (κ1) is 47.3. The van der Waals surface area contributed by atoms with Crippen LogP contribution in [0, 0.1) is 0 Å². The minimum atomic E-state index is -1.59. The van der Waals surface area contributed by atoms with Crippen molar-refractivity contribution in [2.45, 2.75) is 101 Å². The Kier molecular flexibility index (Phi) is 18.7. The molecular formula is C39H55N9O11. The average Bonchev–Trinajstić information content (AvgIpc) is 3.69. The number of nitrogens with zero attached hydrogens (tertiary/aromatic N) is 1. The Balaban J connectivity index is 1.67. The number of rotatable bonds is 23.